The highest BCUT2D eigenvalue weighted by molar-refractivity contribution is 5.63. The third kappa shape index (κ3) is 1.95. The summed E-state index contributed by atoms with van der Waals surface area (Å²) in [4.78, 5) is 2.70. The van der Waals surface area contributed by atoms with E-state index in [1.165, 1.54) is 43.4 Å². The maximum atomic E-state index is 9.54. The quantitative estimate of drug-likeness (QED) is 0.899. The van der Waals surface area contributed by atoms with Crippen LogP contribution in [0.5, 0.6) is 0 Å². The third-order valence-corrected chi connectivity index (χ3v) is 6.57. The summed E-state index contributed by atoms with van der Waals surface area (Å²) in [5.41, 5.74) is 3.32. The van der Waals surface area contributed by atoms with E-state index >= 15 is 0 Å². The lowest BCUT2D eigenvalue weighted by Crippen LogP contribution is -2.64. The van der Waals surface area contributed by atoms with E-state index in [0.717, 1.165) is 13.0 Å². The molecule has 3 aliphatic heterocycles. The molecule has 0 aliphatic carbocycles. The Morgan fingerprint density at radius 2 is 2.18 bits per heavy atom. The van der Waals surface area contributed by atoms with Crippen molar-refractivity contribution in [3.05, 3.63) is 29.8 Å². The summed E-state index contributed by atoms with van der Waals surface area (Å²) in [5, 5.41) is 13.4. The van der Waals surface area contributed by atoms with Crippen molar-refractivity contribution in [2.24, 2.45) is 5.41 Å². The number of nitrogens with zero attached hydrogens (tertiary/aromatic N) is 1. The maximum Gasteiger partial charge on any atom is 0.0856 e. The summed E-state index contributed by atoms with van der Waals surface area (Å²) in [5.74, 6) is 0.500. The van der Waals surface area contributed by atoms with E-state index in [2.05, 4.69) is 41.4 Å². The molecule has 0 saturated carbocycles. The minimum absolute atomic E-state index is 0.292. The van der Waals surface area contributed by atoms with Gasteiger partial charge < -0.3 is 10.0 Å². The fraction of sp³-hybridized carbons (Fsp3) is 0.684. The lowest BCUT2D eigenvalue weighted by Gasteiger charge is -2.55. The Morgan fingerprint density at radius 3 is 3.00 bits per heavy atom. The van der Waals surface area contributed by atoms with E-state index in [1.54, 1.807) is 0 Å². The predicted octanol–water partition coefficient (Wildman–Crippen LogP) is 3.24. The Morgan fingerprint density at radius 1 is 1.32 bits per heavy atom. The van der Waals surface area contributed by atoms with Gasteiger partial charge in [0.05, 0.1) is 6.17 Å². The van der Waals surface area contributed by atoms with Crippen molar-refractivity contribution in [3.8, 4) is 0 Å². The number of aliphatic hydroxyl groups is 1. The van der Waals surface area contributed by atoms with Crippen LogP contribution in [0.25, 0.3) is 0 Å². The summed E-state index contributed by atoms with van der Waals surface area (Å²) < 4.78 is 0. The highest BCUT2D eigenvalue weighted by Gasteiger charge is 2.52. The van der Waals surface area contributed by atoms with Crippen LogP contribution in [0.4, 0.5) is 5.69 Å². The van der Waals surface area contributed by atoms with Crippen molar-refractivity contribution in [1.82, 2.24) is 5.32 Å². The minimum Gasteiger partial charge on any atom is -0.396 e. The summed E-state index contributed by atoms with van der Waals surface area (Å²) in [7, 11) is 0. The van der Waals surface area contributed by atoms with Crippen LogP contribution in [-0.2, 0) is 0 Å². The second-order valence-corrected chi connectivity index (χ2v) is 7.37. The van der Waals surface area contributed by atoms with E-state index in [1.807, 2.05) is 0 Å². The summed E-state index contributed by atoms with van der Waals surface area (Å²) in [6.45, 7) is 3.80. The first kappa shape index (κ1) is 14.5. The van der Waals surface area contributed by atoms with E-state index in [9.17, 15) is 5.11 Å². The van der Waals surface area contributed by atoms with Gasteiger partial charge in [-0.25, -0.2) is 0 Å². The topological polar surface area (TPSA) is 35.5 Å². The minimum atomic E-state index is 0.292. The SMILES string of the molecule is CCC12CCCNC1N1c3ccccc3C(CCO)C1CC2. The molecule has 1 aromatic rings. The van der Waals surface area contributed by atoms with Gasteiger partial charge in [-0.15, -0.1) is 0 Å². The van der Waals surface area contributed by atoms with Crippen LogP contribution in [0.15, 0.2) is 24.3 Å². The summed E-state index contributed by atoms with van der Waals surface area (Å²) in [6.07, 6.45) is 7.91. The fourth-order valence-electron chi connectivity index (χ4n) is 5.44. The summed E-state index contributed by atoms with van der Waals surface area (Å²) >= 11 is 0. The molecule has 3 heterocycles. The highest BCUT2D eigenvalue weighted by Crippen LogP contribution is 2.54. The van der Waals surface area contributed by atoms with Gasteiger partial charge in [0.25, 0.3) is 0 Å². The fourth-order valence-corrected chi connectivity index (χ4v) is 5.44. The largest absolute Gasteiger partial charge is 0.396 e. The number of para-hydroxylation sites is 1. The predicted molar refractivity (Wildman–Crippen MR) is 90.1 cm³/mol. The molecular weight excluding hydrogens is 272 g/mol. The van der Waals surface area contributed by atoms with Gasteiger partial charge >= 0.3 is 0 Å². The van der Waals surface area contributed by atoms with Crippen LogP contribution in [-0.4, -0.2) is 30.5 Å². The Kier molecular flexibility index (Phi) is 3.66. The van der Waals surface area contributed by atoms with Gasteiger partial charge in [-0.05, 0) is 56.7 Å². The molecule has 2 saturated heterocycles. The number of hydrogen-bond acceptors (Lipinski definition) is 3. The molecule has 0 amide bonds. The monoisotopic (exact) mass is 300 g/mol. The molecule has 120 valence electrons. The van der Waals surface area contributed by atoms with Gasteiger partial charge in [0.2, 0.25) is 0 Å². The lowest BCUT2D eigenvalue weighted by atomic mass is 9.67. The molecule has 0 aromatic heterocycles. The van der Waals surface area contributed by atoms with Gasteiger partial charge in [-0.1, -0.05) is 25.1 Å². The van der Waals surface area contributed by atoms with E-state index in [0.29, 0.717) is 30.1 Å². The molecule has 4 rings (SSSR count). The van der Waals surface area contributed by atoms with E-state index in [-0.39, 0.29) is 0 Å². The molecule has 3 aliphatic rings. The third-order valence-electron chi connectivity index (χ3n) is 6.57. The second kappa shape index (κ2) is 5.54. The van der Waals surface area contributed by atoms with Crippen molar-refractivity contribution >= 4 is 5.69 Å². The number of hydrogen-bond donors (Lipinski definition) is 2. The zero-order chi connectivity index (χ0) is 15.2. The van der Waals surface area contributed by atoms with Gasteiger partial charge in [0.15, 0.2) is 0 Å². The van der Waals surface area contributed by atoms with Gasteiger partial charge in [0, 0.05) is 29.7 Å². The highest BCUT2D eigenvalue weighted by atomic mass is 16.3. The molecule has 3 nitrogen and oxygen atoms in total. The number of aliphatic hydroxyl groups excluding tert-OH is 1. The number of anilines is 1. The number of piperidine rings is 2. The van der Waals surface area contributed by atoms with Crippen molar-refractivity contribution < 1.29 is 5.11 Å². The van der Waals surface area contributed by atoms with Crippen LogP contribution in [0.3, 0.4) is 0 Å². The Bertz CT molecular complexity index is 546. The van der Waals surface area contributed by atoms with Crippen LogP contribution < -0.4 is 10.2 Å². The van der Waals surface area contributed by atoms with Crippen LogP contribution in [0.2, 0.25) is 0 Å². The number of fused-ring (bicyclic) bond motifs is 5. The molecule has 3 heteroatoms. The van der Waals surface area contributed by atoms with Gasteiger partial charge in [0.1, 0.15) is 0 Å². The zero-order valence-corrected chi connectivity index (χ0v) is 13.6. The standard InChI is InChI=1S/C19H28N2O/c1-2-19-10-5-12-20-18(19)21-16-7-4-3-6-14(16)15(9-13-22)17(21)8-11-19/h3-4,6-7,15,17-18,20,22H,2,5,8-13H2,1H3. The lowest BCUT2D eigenvalue weighted by molar-refractivity contribution is 0.0684. The smallest absolute Gasteiger partial charge is 0.0856 e. The number of rotatable bonds is 3. The second-order valence-electron chi connectivity index (χ2n) is 7.37. The molecule has 1 aromatic carbocycles. The Labute approximate surface area is 133 Å². The first-order chi connectivity index (χ1) is 10.8. The first-order valence-corrected chi connectivity index (χ1v) is 9.02. The Balaban J connectivity index is 1.77. The van der Waals surface area contributed by atoms with Crippen molar-refractivity contribution in [3.63, 3.8) is 0 Å². The maximum absolute atomic E-state index is 9.54. The molecule has 4 unspecified atom stereocenters. The Hall–Kier alpha value is -1.06. The molecular formula is C19H28N2O. The molecule has 2 fully saturated rings. The summed E-state index contributed by atoms with van der Waals surface area (Å²) in [6, 6.07) is 9.47. The molecule has 2 N–H and O–H groups in total. The van der Waals surface area contributed by atoms with Crippen LogP contribution >= 0.6 is 0 Å². The first-order valence-electron chi connectivity index (χ1n) is 9.02. The molecule has 0 radical (unpaired) electrons. The van der Waals surface area contributed by atoms with Crippen molar-refractivity contribution in [2.45, 2.75) is 63.6 Å². The average molecular weight is 300 g/mol. The zero-order valence-electron chi connectivity index (χ0n) is 13.6. The van der Waals surface area contributed by atoms with Crippen LogP contribution in [0.1, 0.15) is 56.9 Å². The number of nitrogens with one attached hydrogen (secondary N) is 1. The van der Waals surface area contributed by atoms with Crippen molar-refractivity contribution in [2.75, 3.05) is 18.1 Å². The normalized spacial score (nSPS) is 36.6. The molecule has 0 spiro atoms. The average Bonchev–Trinajstić information content (AvgIpc) is 2.90. The van der Waals surface area contributed by atoms with Crippen LogP contribution in [0, 0.1) is 5.41 Å². The van der Waals surface area contributed by atoms with E-state index < -0.39 is 0 Å². The molecule has 0 bridgehead atoms. The van der Waals surface area contributed by atoms with Crippen molar-refractivity contribution in [1.29, 1.82) is 0 Å². The van der Waals surface area contributed by atoms with E-state index in [4.69, 9.17) is 0 Å². The van der Waals surface area contributed by atoms with Gasteiger partial charge in [-0.3, -0.25) is 5.32 Å². The number of benzene rings is 1. The van der Waals surface area contributed by atoms with Gasteiger partial charge in [-0.2, -0.15) is 0 Å². The molecule has 22 heavy (non-hydrogen) atoms. The molecule has 4 atom stereocenters.